The first kappa shape index (κ1) is 20.8. The van der Waals surface area contributed by atoms with Gasteiger partial charge in [-0.3, -0.25) is 19.1 Å². The van der Waals surface area contributed by atoms with Gasteiger partial charge in [-0.2, -0.15) is 0 Å². The summed E-state index contributed by atoms with van der Waals surface area (Å²) < 4.78 is 6.52. The number of hydrogen-bond donors (Lipinski definition) is 4. The molecule has 1 aromatic heterocycles. The van der Waals surface area contributed by atoms with Crippen molar-refractivity contribution in [1.82, 2.24) is 9.55 Å². The summed E-state index contributed by atoms with van der Waals surface area (Å²) in [4.78, 5) is 37.3. The third kappa shape index (κ3) is 4.42. The molecule has 26 heavy (non-hydrogen) atoms. The van der Waals surface area contributed by atoms with Crippen molar-refractivity contribution in [3.8, 4) is 0 Å². The van der Waals surface area contributed by atoms with E-state index in [2.05, 4.69) is 6.30 Å². The molecule has 2 heterocycles. The third-order valence-corrected chi connectivity index (χ3v) is 5.77. The van der Waals surface area contributed by atoms with Crippen LogP contribution >= 0.6 is 6.89 Å². The second-order valence-corrected chi connectivity index (χ2v) is 11.6. The van der Waals surface area contributed by atoms with E-state index in [1.807, 2.05) is 18.3 Å². The maximum Gasteiger partial charge on any atom is 0.330 e. The van der Waals surface area contributed by atoms with E-state index >= 15 is 0 Å². The molecule has 1 saturated heterocycles. The number of H-pyrrole nitrogens is 1. The monoisotopic (exact) mass is 388 g/mol. The Kier molecular flexibility index (Phi) is 6.09. The number of carbonyl (C=O) groups is 1. The van der Waals surface area contributed by atoms with Gasteiger partial charge >= 0.3 is 5.69 Å². The molecule has 4 N–H and O–H groups in total. The van der Waals surface area contributed by atoms with Gasteiger partial charge in [-0.25, -0.2) is 4.79 Å². The van der Waals surface area contributed by atoms with Gasteiger partial charge in [-0.15, -0.1) is 13.2 Å². The Bertz CT molecular complexity index is 840. The molecular formula is C16H25N2O7P. The van der Waals surface area contributed by atoms with E-state index in [-0.39, 0.29) is 5.56 Å². The molecule has 2 rings (SSSR count). The van der Waals surface area contributed by atoms with Gasteiger partial charge in [-0.1, -0.05) is 0 Å². The summed E-state index contributed by atoms with van der Waals surface area (Å²) in [6.45, 7) is 3.80. The van der Waals surface area contributed by atoms with Gasteiger partial charge in [0.2, 0.25) is 0 Å². The van der Waals surface area contributed by atoms with Crippen LogP contribution in [-0.4, -0.2) is 74.8 Å². The molecule has 146 valence electrons. The summed E-state index contributed by atoms with van der Waals surface area (Å²) >= 11 is 0. The lowest BCUT2D eigenvalue weighted by molar-refractivity contribution is -0.125. The topological polar surface area (TPSA) is 142 Å². The van der Waals surface area contributed by atoms with Crippen molar-refractivity contribution in [3.63, 3.8) is 0 Å². The summed E-state index contributed by atoms with van der Waals surface area (Å²) in [5.74, 6) is -0.673. The number of aliphatic hydroxyl groups excluding tert-OH is 3. The lowest BCUT2D eigenvalue weighted by Crippen LogP contribution is -2.39. The fraction of sp³-hybridized carbons (Fsp3) is 0.625. The zero-order chi connectivity index (χ0) is 19.8. The van der Waals surface area contributed by atoms with Crippen molar-refractivity contribution in [2.24, 2.45) is 0 Å². The molecule has 0 bridgehead atoms. The molecule has 5 atom stereocenters. The van der Waals surface area contributed by atoms with Crippen LogP contribution in [-0.2, 0) is 9.53 Å². The second-order valence-electron chi connectivity index (χ2n) is 7.26. The maximum absolute atomic E-state index is 12.1. The van der Waals surface area contributed by atoms with Crippen LogP contribution in [0.5, 0.6) is 0 Å². The molecule has 1 fully saturated rings. The fourth-order valence-corrected chi connectivity index (χ4v) is 3.73. The molecule has 1 aromatic rings. The predicted molar refractivity (Wildman–Crippen MR) is 98.3 cm³/mol. The molecular weight excluding hydrogens is 363 g/mol. The van der Waals surface area contributed by atoms with Gasteiger partial charge in [-0.05, 0) is 32.8 Å². The van der Waals surface area contributed by atoms with Gasteiger partial charge in [0.1, 0.15) is 18.3 Å². The maximum atomic E-state index is 12.1. The number of carbonyl (C=O) groups excluding carboxylic acids is 1. The molecule has 0 aliphatic carbocycles. The predicted octanol–water partition coefficient (Wildman–Crippen LogP) is -1.12. The molecule has 1 aliphatic heterocycles. The first-order valence-electron chi connectivity index (χ1n) is 8.15. The number of nitrogens with one attached hydrogen (secondary N) is 1. The molecule has 0 aromatic carbocycles. The summed E-state index contributed by atoms with van der Waals surface area (Å²) in [6, 6.07) is 0. The van der Waals surface area contributed by atoms with E-state index in [1.54, 1.807) is 0 Å². The number of aromatic nitrogens is 2. The SMILES string of the molecule is C=P(C)(C)CC[C@H]1O[C@@H](n2cc(C(O)C(C)=O)c(=O)[nH]c2=O)C(O)[C@@H]1O. The van der Waals surface area contributed by atoms with Crippen molar-refractivity contribution < 1.29 is 24.9 Å². The van der Waals surface area contributed by atoms with Crippen LogP contribution in [0.3, 0.4) is 0 Å². The quantitative estimate of drug-likeness (QED) is 0.452. The second kappa shape index (κ2) is 7.62. The van der Waals surface area contributed by atoms with Crippen LogP contribution in [0.1, 0.15) is 31.2 Å². The van der Waals surface area contributed by atoms with Crippen LogP contribution in [0.4, 0.5) is 0 Å². The smallest absolute Gasteiger partial charge is 0.330 e. The zero-order valence-corrected chi connectivity index (χ0v) is 15.8. The molecule has 9 nitrogen and oxygen atoms in total. The molecule has 0 amide bonds. The van der Waals surface area contributed by atoms with Gasteiger partial charge in [0, 0.05) is 6.20 Å². The van der Waals surface area contributed by atoms with E-state index in [0.29, 0.717) is 6.42 Å². The van der Waals surface area contributed by atoms with Crippen LogP contribution in [0.2, 0.25) is 0 Å². The lowest BCUT2D eigenvalue weighted by atomic mass is 10.1. The van der Waals surface area contributed by atoms with Gasteiger partial charge in [0.15, 0.2) is 12.0 Å². The average Bonchev–Trinajstić information content (AvgIpc) is 2.80. The van der Waals surface area contributed by atoms with E-state index in [4.69, 9.17) is 4.74 Å². The lowest BCUT2D eigenvalue weighted by Gasteiger charge is -2.19. The Balaban J connectivity index is 2.34. The Labute approximate surface area is 150 Å². The van der Waals surface area contributed by atoms with Crippen LogP contribution in [0, 0.1) is 0 Å². The molecule has 2 unspecified atom stereocenters. The largest absolute Gasteiger partial charge is 0.388 e. The van der Waals surface area contributed by atoms with Crippen LogP contribution in [0.15, 0.2) is 15.8 Å². The van der Waals surface area contributed by atoms with Crippen LogP contribution < -0.4 is 11.2 Å². The Morgan fingerprint density at radius 3 is 2.54 bits per heavy atom. The van der Waals surface area contributed by atoms with E-state index < -0.39 is 54.6 Å². The highest BCUT2D eigenvalue weighted by molar-refractivity contribution is 7.72. The number of hydrogen-bond acceptors (Lipinski definition) is 7. The van der Waals surface area contributed by atoms with E-state index in [9.17, 15) is 29.7 Å². The standard InChI is InChI=1S/C16H25N2O7P/c1-8(19)11(20)9-7-18(16(24)17-14(9)23)15-13(22)12(21)10(25-15)5-6-26(2,3)4/h7,10-13,15,20-22H,2,5-6H2,1,3-4H3,(H,17,23,24)/t10-,11?,12-,13?,15-/m1/s1. The first-order chi connectivity index (χ1) is 11.9. The fourth-order valence-electron chi connectivity index (χ4n) is 2.78. The molecule has 10 heteroatoms. The van der Waals surface area contributed by atoms with Gasteiger partial charge < -0.3 is 20.1 Å². The average molecular weight is 388 g/mol. The summed E-state index contributed by atoms with van der Waals surface area (Å²) in [6.07, 6.45) is -0.0283. The number of nitrogens with zero attached hydrogens (tertiary/aromatic N) is 1. The van der Waals surface area contributed by atoms with Crippen molar-refractivity contribution in [2.75, 3.05) is 19.5 Å². The molecule has 1 aliphatic rings. The van der Waals surface area contributed by atoms with Crippen LogP contribution in [0.25, 0.3) is 0 Å². The minimum atomic E-state index is -1.71. The summed E-state index contributed by atoms with van der Waals surface area (Å²) in [5, 5.41) is 30.3. The van der Waals surface area contributed by atoms with Crippen molar-refractivity contribution in [3.05, 3.63) is 32.6 Å². The van der Waals surface area contributed by atoms with E-state index in [0.717, 1.165) is 23.8 Å². The highest BCUT2D eigenvalue weighted by Crippen LogP contribution is 2.39. The number of ketones is 1. The van der Waals surface area contributed by atoms with Gasteiger partial charge in [0.05, 0.1) is 11.7 Å². The minimum Gasteiger partial charge on any atom is -0.388 e. The minimum absolute atomic E-state index is 0.337. The van der Waals surface area contributed by atoms with Gasteiger partial charge in [0.25, 0.3) is 5.56 Å². The zero-order valence-electron chi connectivity index (χ0n) is 15.0. The highest BCUT2D eigenvalue weighted by Gasteiger charge is 2.44. The molecule has 0 radical (unpaired) electrons. The Morgan fingerprint density at radius 2 is 2.00 bits per heavy atom. The normalized spacial score (nSPS) is 27.5. The van der Waals surface area contributed by atoms with Crippen molar-refractivity contribution >= 4 is 19.0 Å². The molecule has 0 saturated carbocycles. The molecule has 0 spiro atoms. The Morgan fingerprint density at radius 1 is 1.38 bits per heavy atom. The summed E-state index contributed by atoms with van der Waals surface area (Å²) in [5.41, 5.74) is -2.12. The van der Waals surface area contributed by atoms with Crippen molar-refractivity contribution in [2.45, 2.75) is 44.0 Å². The summed E-state index contributed by atoms with van der Waals surface area (Å²) in [7, 11) is 0. The number of rotatable bonds is 6. The number of aliphatic hydroxyl groups is 3. The Hall–Kier alpha value is -1.51. The van der Waals surface area contributed by atoms with Crippen molar-refractivity contribution in [1.29, 1.82) is 0 Å². The number of ether oxygens (including phenoxy) is 1. The third-order valence-electron chi connectivity index (χ3n) is 4.31. The number of Topliss-reactive ketones (excluding diaryl/α,β-unsaturated/α-hetero) is 1. The number of aromatic amines is 1. The van der Waals surface area contributed by atoms with E-state index in [1.165, 1.54) is 0 Å². The first-order valence-corrected chi connectivity index (χ1v) is 11.2. The highest BCUT2D eigenvalue weighted by atomic mass is 31.2.